The van der Waals surface area contributed by atoms with Crippen LogP contribution in [-0.4, -0.2) is 8.80 Å². The quantitative estimate of drug-likeness (QED) is 0.340. The highest BCUT2D eigenvalue weighted by atomic mass is 28.4. The zero-order chi connectivity index (χ0) is 21.7. The fourth-order valence-electron chi connectivity index (χ4n) is 3.33. The molecule has 4 rings (SSSR count). The second-order valence-electron chi connectivity index (χ2n) is 7.52. The fourth-order valence-corrected chi connectivity index (χ4v) is 5.96. The van der Waals surface area contributed by atoms with Gasteiger partial charge in [-0.1, -0.05) is 84.9 Å². The number of hydrogen-bond donors (Lipinski definition) is 0. The minimum Gasteiger partial charge on any atom is -0.480 e. The molecule has 0 amide bonds. The van der Waals surface area contributed by atoms with Gasteiger partial charge in [-0.2, -0.15) is 0 Å². The summed E-state index contributed by atoms with van der Waals surface area (Å²) >= 11 is 0. The lowest BCUT2D eigenvalue weighted by molar-refractivity contribution is 0.278. The van der Waals surface area contributed by atoms with Crippen LogP contribution in [-0.2, 0) is 0 Å². The van der Waals surface area contributed by atoms with E-state index in [1.54, 1.807) is 0 Å². The summed E-state index contributed by atoms with van der Waals surface area (Å²) in [5.74, 6) is 2.25. The summed E-state index contributed by atoms with van der Waals surface area (Å²) in [5.41, 5.74) is 3.08. The van der Waals surface area contributed by atoms with Gasteiger partial charge in [0.05, 0.1) is 5.19 Å². The molecule has 0 radical (unpaired) electrons. The molecule has 0 atom stereocenters. The van der Waals surface area contributed by atoms with Gasteiger partial charge in [-0.15, -0.1) is 0 Å². The highest BCUT2D eigenvalue weighted by Crippen LogP contribution is 2.29. The third kappa shape index (κ3) is 4.65. The van der Waals surface area contributed by atoms with Gasteiger partial charge < -0.3 is 13.3 Å². The summed E-state index contributed by atoms with van der Waals surface area (Å²) in [6.07, 6.45) is 0. The maximum absolute atomic E-state index is 6.73. The number of para-hydroxylation sites is 3. The number of benzene rings is 4. The molecule has 4 aromatic rings. The van der Waals surface area contributed by atoms with Crippen molar-refractivity contribution in [2.24, 2.45) is 0 Å². The van der Waals surface area contributed by atoms with E-state index in [0.29, 0.717) is 0 Å². The summed E-state index contributed by atoms with van der Waals surface area (Å²) in [6, 6.07) is 33.9. The van der Waals surface area contributed by atoms with Crippen LogP contribution in [0.15, 0.2) is 103 Å². The molecule has 0 aliphatic rings. The van der Waals surface area contributed by atoms with Crippen molar-refractivity contribution in [2.75, 3.05) is 0 Å². The molecule has 0 saturated carbocycles. The van der Waals surface area contributed by atoms with Crippen molar-refractivity contribution in [3.05, 3.63) is 120 Å². The minimum atomic E-state index is -3.49. The number of aryl methyl sites for hydroxylation is 3. The maximum Gasteiger partial charge on any atom is 0.737 e. The summed E-state index contributed by atoms with van der Waals surface area (Å²) in [6.45, 7) is 6.09. The summed E-state index contributed by atoms with van der Waals surface area (Å²) in [5, 5.41) is 0.893. The van der Waals surface area contributed by atoms with Gasteiger partial charge in [-0.05, 0) is 55.7 Å². The van der Waals surface area contributed by atoms with Gasteiger partial charge in [0.15, 0.2) is 0 Å². The molecular formula is C27H26O3Si. The van der Waals surface area contributed by atoms with E-state index < -0.39 is 8.80 Å². The topological polar surface area (TPSA) is 27.7 Å². The van der Waals surface area contributed by atoms with Gasteiger partial charge in [0.2, 0.25) is 0 Å². The minimum absolute atomic E-state index is 0.750. The van der Waals surface area contributed by atoms with Crippen LogP contribution < -0.4 is 18.5 Å². The molecule has 31 heavy (non-hydrogen) atoms. The zero-order valence-corrected chi connectivity index (χ0v) is 19.0. The van der Waals surface area contributed by atoms with Gasteiger partial charge in [0, 0.05) is 0 Å². The van der Waals surface area contributed by atoms with Crippen molar-refractivity contribution < 1.29 is 13.3 Å². The van der Waals surface area contributed by atoms with Crippen molar-refractivity contribution in [3.63, 3.8) is 0 Å². The number of hydrogen-bond acceptors (Lipinski definition) is 3. The van der Waals surface area contributed by atoms with Crippen LogP contribution in [0.4, 0.5) is 0 Å². The summed E-state index contributed by atoms with van der Waals surface area (Å²) in [7, 11) is -3.49. The third-order valence-corrected chi connectivity index (χ3v) is 7.65. The smallest absolute Gasteiger partial charge is 0.480 e. The van der Waals surface area contributed by atoms with Crippen LogP contribution in [0.3, 0.4) is 0 Å². The molecule has 0 aliphatic heterocycles. The van der Waals surface area contributed by atoms with E-state index in [0.717, 1.165) is 39.1 Å². The SMILES string of the molecule is Cc1ccccc1O[Si](Oc1ccccc1C)(Oc1ccccc1C)c1ccccc1. The van der Waals surface area contributed by atoms with Crippen LogP contribution in [0.5, 0.6) is 17.2 Å². The van der Waals surface area contributed by atoms with E-state index >= 15 is 0 Å². The number of rotatable bonds is 7. The van der Waals surface area contributed by atoms with Gasteiger partial charge in [0.1, 0.15) is 17.2 Å². The molecule has 3 nitrogen and oxygen atoms in total. The molecular weight excluding hydrogens is 400 g/mol. The molecule has 0 unspecified atom stereocenters. The lowest BCUT2D eigenvalue weighted by Crippen LogP contribution is -2.64. The molecule has 0 saturated heterocycles. The molecule has 0 bridgehead atoms. The van der Waals surface area contributed by atoms with Crippen molar-refractivity contribution >= 4 is 14.0 Å². The molecule has 4 aromatic carbocycles. The standard InChI is InChI=1S/C27H26O3Si/c1-21-13-7-10-18-25(21)28-31(24-16-5-4-6-17-24,29-26-19-11-8-14-22(26)2)30-27-20-12-9-15-23(27)3/h4-20H,1-3H3. The average Bonchev–Trinajstić information content (AvgIpc) is 2.79. The Morgan fingerprint density at radius 1 is 0.419 bits per heavy atom. The van der Waals surface area contributed by atoms with E-state index in [9.17, 15) is 0 Å². The van der Waals surface area contributed by atoms with Crippen molar-refractivity contribution in [1.82, 2.24) is 0 Å². The molecule has 0 N–H and O–H groups in total. The predicted molar refractivity (Wildman–Crippen MR) is 127 cm³/mol. The molecule has 0 spiro atoms. The largest absolute Gasteiger partial charge is 0.737 e. The first-order chi connectivity index (χ1) is 15.1. The Bertz CT molecular complexity index is 1040. The second-order valence-corrected chi connectivity index (χ2v) is 9.83. The van der Waals surface area contributed by atoms with Crippen molar-refractivity contribution in [2.45, 2.75) is 20.8 Å². The van der Waals surface area contributed by atoms with Crippen molar-refractivity contribution in [1.29, 1.82) is 0 Å². The van der Waals surface area contributed by atoms with Crippen LogP contribution in [0.25, 0.3) is 0 Å². The normalized spacial score (nSPS) is 11.1. The molecule has 4 heteroatoms. The van der Waals surface area contributed by atoms with Crippen LogP contribution in [0, 0.1) is 20.8 Å². The van der Waals surface area contributed by atoms with Crippen LogP contribution >= 0.6 is 0 Å². The first kappa shape index (κ1) is 20.8. The Morgan fingerprint density at radius 2 is 0.742 bits per heavy atom. The Morgan fingerprint density at radius 3 is 1.10 bits per heavy atom. The fraction of sp³-hybridized carbons (Fsp3) is 0.111. The van der Waals surface area contributed by atoms with Crippen LogP contribution in [0.2, 0.25) is 0 Å². The lowest BCUT2D eigenvalue weighted by Gasteiger charge is -2.32. The Kier molecular flexibility index (Phi) is 6.10. The Hall–Kier alpha value is -3.50. The summed E-state index contributed by atoms with van der Waals surface area (Å²) in [4.78, 5) is 0. The van der Waals surface area contributed by atoms with Crippen LogP contribution in [0.1, 0.15) is 16.7 Å². The zero-order valence-electron chi connectivity index (χ0n) is 18.0. The van der Waals surface area contributed by atoms with Crippen molar-refractivity contribution in [3.8, 4) is 17.2 Å². The molecule has 0 heterocycles. The van der Waals surface area contributed by atoms with E-state index in [1.165, 1.54) is 0 Å². The highest BCUT2D eigenvalue weighted by Gasteiger charge is 2.52. The van der Waals surface area contributed by atoms with E-state index in [4.69, 9.17) is 13.3 Å². The van der Waals surface area contributed by atoms with Gasteiger partial charge >= 0.3 is 8.80 Å². The van der Waals surface area contributed by atoms with E-state index in [2.05, 4.69) is 0 Å². The molecule has 0 fully saturated rings. The Balaban J connectivity index is 1.89. The van der Waals surface area contributed by atoms with E-state index in [-0.39, 0.29) is 0 Å². The van der Waals surface area contributed by atoms with Gasteiger partial charge in [0.25, 0.3) is 0 Å². The predicted octanol–water partition coefficient (Wildman–Crippen LogP) is 5.99. The molecule has 156 valence electrons. The Labute approximate surface area is 185 Å². The van der Waals surface area contributed by atoms with E-state index in [1.807, 2.05) is 124 Å². The monoisotopic (exact) mass is 426 g/mol. The first-order valence-electron chi connectivity index (χ1n) is 10.4. The average molecular weight is 427 g/mol. The van der Waals surface area contributed by atoms with Gasteiger partial charge in [-0.25, -0.2) is 0 Å². The van der Waals surface area contributed by atoms with Gasteiger partial charge in [-0.3, -0.25) is 0 Å². The highest BCUT2D eigenvalue weighted by molar-refractivity contribution is 6.77. The first-order valence-corrected chi connectivity index (χ1v) is 12.1. The summed E-state index contributed by atoms with van der Waals surface area (Å²) < 4.78 is 20.2. The molecule has 0 aliphatic carbocycles. The molecule has 0 aromatic heterocycles. The third-order valence-electron chi connectivity index (χ3n) is 5.14. The second kappa shape index (κ2) is 9.10. The lowest BCUT2D eigenvalue weighted by atomic mass is 10.2. The maximum atomic E-state index is 6.73.